The van der Waals surface area contributed by atoms with E-state index in [1.54, 1.807) is 0 Å². The predicted octanol–water partition coefficient (Wildman–Crippen LogP) is 3.53. The molecule has 2 bridgehead atoms. The van der Waals surface area contributed by atoms with Gasteiger partial charge in [0.05, 0.1) is 0 Å². The Morgan fingerprint density at radius 2 is 1.80 bits per heavy atom. The van der Waals surface area contributed by atoms with Gasteiger partial charge in [0.1, 0.15) is 0 Å². The summed E-state index contributed by atoms with van der Waals surface area (Å²) in [5.41, 5.74) is 0.381. The van der Waals surface area contributed by atoms with E-state index in [1.165, 1.54) is 25.7 Å². The molecule has 1 saturated carbocycles. The van der Waals surface area contributed by atoms with E-state index in [2.05, 4.69) is 50.6 Å². The summed E-state index contributed by atoms with van der Waals surface area (Å²) in [5.74, 6) is 0. The van der Waals surface area contributed by atoms with Crippen molar-refractivity contribution in [3.05, 3.63) is 0 Å². The monoisotopic (exact) mass is 227 g/mol. The highest BCUT2D eigenvalue weighted by molar-refractivity contribution is 8.00. The summed E-state index contributed by atoms with van der Waals surface area (Å²) in [5, 5.41) is 0. The van der Waals surface area contributed by atoms with Crippen molar-refractivity contribution in [3.63, 3.8) is 0 Å². The lowest BCUT2D eigenvalue weighted by atomic mass is 9.69. The van der Waals surface area contributed by atoms with Crippen LogP contribution in [0.4, 0.5) is 0 Å². The van der Waals surface area contributed by atoms with Crippen molar-refractivity contribution in [2.75, 3.05) is 6.26 Å². The summed E-state index contributed by atoms with van der Waals surface area (Å²) in [6.07, 6.45) is 7.94. The molecule has 0 spiro atoms. The highest BCUT2D eigenvalue weighted by atomic mass is 32.2. The van der Waals surface area contributed by atoms with Gasteiger partial charge < -0.3 is 0 Å². The van der Waals surface area contributed by atoms with Crippen LogP contribution in [0.5, 0.6) is 0 Å². The minimum absolute atomic E-state index is 0.381. The Hall–Kier alpha value is 0.310. The number of rotatable bonds is 2. The quantitative estimate of drug-likeness (QED) is 0.710. The average molecular weight is 227 g/mol. The standard InChI is InChI=1S/C13H25NS/c1-6-13(15-5)8-10-7-11(9-13)14(10)12(2,3)4/h10-11H,6-9H2,1-5H3. The fourth-order valence-corrected chi connectivity index (χ4v) is 4.71. The van der Waals surface area contributed by atoms with Crippen LogP contribution in [0.15, 0.2) is 0 Å². The van der Waals surface area contributed by atoms with E-state index < -0.39 is 0 Å². The zero-order valence-electron chi connectivity index (χ0n) is 10.8. The van der Waals surface area contributed by atoms with Crippen LogP contribution >= 0.6 is 11.8 Å². The van der Waals surface area contributed by atoms with Gasteiger partial charge >= 0.3 is 0 Å². The molecule has 3 rings (SSSR count). The highest BCUT2D eigenvalue weighted by Gasteiger charge is 2.53. The zero-order valence-corrected chi connectivity index (χ0v) is 11.7. The number of thioether (sulfide) groups is 1. The number of hydrogen-bond donors (Lipinski definition) is 0. The first-order valence-corrected chi connectivity index (χ1v) is 7.48. The molecule has 3 fully saturated rings. The molecule has 0 amide bonds. The number of fused-ring (bicyclic) bond motifs is 2. The van der Waals surface area contributed by atoms with Gasteiger partial charge in [-0.15, -0.1) is 0 Å². The molecule has 2 heterocycles. The fourth-order valence-electron chi connectivity index (χ4n) is 3.70. The van der Waals surface area contributed by atoms with Crippen LogP contribution < -0.4 is 0 Å². The summed E-state index contributed by atoms with van der Waals surface area (Å²) >= 11 is 2.11. The molecule has 2 saturated heterocycles. The fraction of sp³-hybridized carbons (Fsp3) is 1.00. The van der Waals surface area contributed by atoms with Gasteiger partial charge in [-0.1, -0.05) is 6.92 Å². The van der Waals surface area contributed by atoms with Gasteiger partial charge in [0, 0.05) is 22.4 Å². The topological polar surface area (TPSA) is 3.24 Å². The molecule has 2 heteroatoms. The van der Waals surface area contributed by atoms with Crippen molar-refractivity contribution in [2.24, 2.45) is 0 Å². The number of piperidine rings is 1. The van der Waals surface area contributed by atoms with E-state index in [1.807, 2.05) is 0 Å². The van der Waals surface area contributed by atoms with Gasteiger partial charge in [-0.25, -0.2) is 0 Å². The van der Waals surface area contributed by atoms with Crippen molar-refractivity contribution in [1.82, 2.24) is 4.90 Å². The summed E-state index contributed by atoms with van der Waals surface area (Å²) < 4.78 is 0.606. The third-order valence-electron chi connectivity index (χ3n) is 4.40. The third-order valence-corrected chi connectivity index (χ3v) is 5.89. The van der Waals surface area contributed by atoms with Crippen LogP contribution in [0.3, 0.4) is 0 Å². The second-order valence-electron chi connectivity index (χ2n) is 6.27. The normalized spacial score (nSPS) is 41.4. The van der Waals surface area contributed by atoms with Crippen molar-refractivity contribution in [1.29, 1.82) is 0 Å². The number of hydrogen-bond acceptors (Lipinski definition) is 2. The first-order valence-electron chi connectivity index (χ1n) is 6.25. The van der Waals surface area contributed by atoms with Crippen molar-refractivity contribution < 1.29 is 0 Å². The summed E-state index contributed by atoms with van der Waals surface area (Å²) in [6.45, 7) is 9.46. The Morgan fingerprint density at radius 1 is 1.27 bits per heavy atom. The first kappa shape index (κ1) is 11.8. The van der Waals surface area contributed by atoms with Gasteiger partial charge in [0.25, 0.3) is 0 Å². The molecule has 3 aliphatic rings. The van der Waals surface area contributed by atoms with E-state index in [0.29, 0.717) is 10.3 Å². The molecular formula is C13H25NS. The Balaban J connectivity index is 2.08. The molecule has 88 valence electrons. The van der Waals surface area contributed by atoms with Crippen molar-refractivity contribution in [2.45, 2.75) is 75.7 Å². The molecule has 0 N–H and O–H groups in total. The molecule has 2 unspecified atom stereocenters. The minimum Gasteiger partial charge on any atom is -0.292 e. The maximum absolute atomic E-state index is 2.76. The molecule has 0 aromatic rings. The molecular weight excluding hydrogens is 202 g/mol. The molecule has 1 nitrogen and oxygen atoms in total. The second-order valence-corrected chi connectivity index (χ2v) is 7.54. The Morgan fingerprint density at radius 3 is 2.13 bits per heavy atom. The van der Waals surface area contributed by atoms with E-state index in [0.717, 1.165) is 12.1 Å². The Labute approximate surface area is 99.0 Å². The van der Waals surface area contributed by atoms with Crippen LogP contribution in [-0.2, 0) is 0 Å². The Kier molecular flexibility index (Phi) is 2.88. The van der Waals surface area contributed by atoms with E-state index in [4.69, 9.17) is 0 Å². The average Bonchev–Trinajstić information content (AvgIpc) is 2.15. The summed E-state index contributed by atoms with van der Waals surface area (Å²) in [4.78, 5) is 2.76. The lowest BCUT2D eigenvalue weighted by Crippen LogP contribution is -2.69. The molecule has 0 radical (unpaired) electrons. The summed E-state index contributed by atoms with van der Waals surface area (Å²) in [6, 6.07) is 1.74. The third kappa shape index (κ3) is 1.84. The van der Waals surface area contributed by atoms with Gasteiger partial charge in [-0.3, -0.25) is 4.90 Å². The smallest absolute Gasteiger partial charge is 0.0184 e. The van der Waals surface area contributed by atoms with Gasteiger partial charge in [0.15, 0.2) is 0 Å². The van der Waals surface area contributed by atoms with Gasteiger partial charge in [0.2, 0.25) is 0 Å². The molecule has 0 aromatic carbocycles. The Bertz CT molecular complexity index is 225. The lowest BCUT2D eigenvalue weighted by Gasteiger charge is -2.63. The van der Waals surface area contributed by atoms with Gasteiger partial charge in [-0.05, 0) is 52.7 Å². The lowest BCUT2D eigenvalue weighted by molar-refractivity contribution is -0.101. The highest BCUT2D eigenvalue weighted by Crippen LogP contribution is 2.52. The van der Waals surface area contributed by atoms with Crippen molar-refractivity contribution in [3.8, 4) is 0 Å². The maximum Gasteiger partial charge on any atom is 0.0184 e. The zero-order chi connectivity index (χ0) is 11.3. The molecule has 1 aliphatic carbocycles. The molecule has 0 aromatic heterocycles. The second kappa shape index (κ2) is 3.66. The molecule has 15 heavy (non-hydrogen) atoms. The van der Waals surface area contributed by atoms with Crippen molar-refractivity contribution >= 4 is 11.8 Å². The summed E-state index contributed by atoms with van der Waals surface area (Å²) in [7, 11) is 0. The van der Waals surface area contributed by atoms with Crippen LogP contribution in [0.25, 0.3) is 0 Å². The van der Waals surface area contributed by atoms with Crippen LogP contribution in [0, 0.1) is 0 Å². The minimum atomic E-state index is 0.381. The van der Waals surface area contributed by atoms with E-state index in [-0.39, 0.29) is 0 Å². The van der Waals surface area contributed by atoms with Crippen LogP contribution in [-0.4, -0.2) is 33.5 Å². The largest absolute Gasteiger partial charge is 0.292 e. The molecule has 2 aliphatic heterocycles. The molecule has 2 atom stereocenters. The SMILES string of the molecule is CCC1(SC)CC2CC(C1)N2C(C)(C)C. The van der Waals surface area contributed by atoms with Crippen LogP contribution in [0.2, 0.25) is 0 Å². The van der Waals surface area contributed by atoms with E-state index >= 15 is 0 Å². The maximum atomic E-state index is 2.76. The number of nitrogens with zero attached hydrogens (tertiary/aromatic N) is 1. The predicted molar refractivity (Wildman–Crippen MR) is 69.6 cm³/mol. The van der Waals surface area contributed by atoms with E-state index in [9.17, 15) is 0 Å². The van der Waals surface area contributed by atoms with Crippen LogP contribution in [0.1, 0.15) is 53.4 Å². The first-order chi connectivity index (χ1) is 6.92. The van der Waals surface area contributed by atoms with Gasteiger partial charge in [-0.2, -0.15) is 11.8 Å².